The van der Waals surface area contributed by atoms with Crippen LogP contribution in [0.15, 0.2) is 23.3 Å². The first-order valence-electron chi connectivity index (χ1n) is 7.93. The zero-order chi connectivity index (χ0) is 14.9. The number of rotatable bonds is 7. The minimum Gasteiger partial charge on any atom is -0.474 e. The van der Waals surface area contributed by atoms with Gasteiger partial charge >= 0.3 is 0 Å². The molecule has 6 heteroatoms. The molecule has 2 rings (SSSR count). The molecule has 1 aromatic rings. The third kappa shape index (κ3) is 6.81. The number of aliphatic imine (C=N–C) groups is 1. The molecule has 1 heterocycles. The molecule has 1 aliphatic carbocycles. The van der Waals surface area contributed by atoms with Crippen molar-refractivity contribution in [2.24, 2.45) is 10.7 Å². The summed E-state index contributed by atoms with van der Waals surface area (Å²) in [7, 11) is 0. The van der Waals surface area contributed by atoms with Crippen LogP contribution in [0.2, 0.25) is 0 Å². The lowest BCUT2D eigenvalue weighted by Gasteiger charge is -2.11. The minimum atomic E-state index is 0. The zero-order valence-corrected chi connectivity index (χ0v) is 15.6. The fourth-order valence-electron chi connectivity index (χ4n) is 2.38. The Hall–Kier alpha value is -1.05. The van der Waals surface area contributed by atoms with Crippen molar-refractivity contribution in [2.75, 3.05) is 6.54 Å². The summed E-state index contributed by atoms with van der Waals surface area (Å²) in [4.78, 5) is 8.64. The molecule has 0 aliphatic heterocycles. The second kappa shape index (κ2) is 10.6. The van der Waals surface area contributed by atoms with Gasteiger partial charge in [0, 0.05) is 18.8 Å². The molecule has 0 amide bonds. The number of nitrogens with zero attached hydrogens (tertiary/aromatic N) is 2. The molecule has 0 unspecified atom stereocenters. The fourth-order valence-corrected chi connectivity index (χ4v) is 2.38. The number of nitrogens with one attached hydrogen (secondary N) is 1. The predicted molar refractivity (Wildman–Crippen MR) is 101 cm³/mol. The molecule has 1 aromatic heterocycles. The molecule has 0 saturated heterocycles. The van der Waals surface area contributed by atoms with E-state index in [9.17, 15) is 0 Å². The highest BCUT2D eigenvalue weighted by atomic mass is 127. The Bertz CT molecular complexity index is 444. The average Bonchev–Trinajstić information content (AvgIpc) is 3.00. The molecule has 3 N–H and O–H groups in total. The highest BCUT2D eigenvalue weighted by molar-refractivity contribution is 14.0. The quantitative estimate of drug-likeness (QED) is 0.309. The molecule has 0 aromatic carbocycles. The van der Waals surface area contributed by atoms with Crippen molar-refractivity contribution < 1.29 is 4.74 Å². The summed E-state index contributed by atoms with van der Waals surface area (Å²) < 4.78 is 5.84. The SMILES string of the molecule is CCCCNC(N)=NCc1ccc(OC2CCCC2)nc1.I. The second-order valence-electron chi connectivity index (χ2n) is 5.51. The van der Waals surface area contributed by atoms with Crippen LogP contribution in [0.1, 0.15) is 51.0 Å². The van der Waals surface area contributed by atoms with Crippen molar-refractivity contribution in [3.63, 3.8) is 0 Å². The highest BCUT2D eigenvalue weighted by Crippen LogP contribution is 2.22. The lowest BCUT2D eigenvalue weighted by molar-refractivity contribution is 0.201. The molecule has 124 valence electrons. The van der Waals surface area contributed by atoms with Gasteiger partial charge in [-0.25, -0.2) is 9.98 Å². The Kier molecular flexibility index (Phi) is 9.19. The van der Waals surface area contributed by atoms with Crippen molar-refractivity contribution in [3.8, 4) is 5.88 Å². The third-order valence-electron chi connectivity index (χ3n) is 3.66. The van der Waals surface area contributed by atoms with E-state index in [4.69, 9.17) is 10.5 Å². The van der Waals surface area contributed by atoms with E-state index >= 15 is 0 Å². The van der Waals surface area contributed by atoms with Crippen molar-refractivity contribution in [2.45, 2.75) is 58.1 Å². The van der Waals surface area contributed by atoms with E-state index < -0.39 is 0 Å². The normalized spacial score (nSPS) is 15.4. The third-order valence-corrected chi connectivity index (χ3v) is 3.66. The lowest BCUT2D eigenvalue weighted by atomic mass is 10.3. The van der Waals surface area contributed by atoms with E-state index in [2.05, 4.69) is 22.2 Å². The zero-order valence-electron chi connectivity index (χ0n) is 13.3. The summed E-state index contributed by atoms with van der Waals surface area (Å²) in [5.74, 6) is 1.21. The Balaban J connectivity index is 0.00000242. The summed E-state index contributed by atoms with van der Waals surface area (Å²) in [6.07, 6.45) is 9.23. The van der Waals surface area contributed by atoms with Crippen LogP contribution in [0.4, 0.5) is 0 Å². The standard InChI is InChI=1S/C16H26N4O.HI/c1-2-3-10-18-16(17)20-12-13-8-9-15(19-11-13)21-14-6-4-5-7-14;/h8-9,11,14H,2-7,10,12H2,1H3,(H3,17,18,20);1H. The van der Waals surface area contributed by atoms with Gasteiger partial charge in [0.25, 0.3) is 0 Å². The number of hydrogen-bond donors (Lipinski definition) is 2. The van der Waals surface area contributed by atoms with Gasteiger partial charge in [-0.15, -0.1) is 24.0 Å². The van der Waals surface area contributed by atoms with Crippen LogP contribution in [0.5, 0.6) is 5.88 Å². The molecule has 0 atom stereocenters. The Morgan fingerprint density at radius 2 is 2.18 bits per heavy atom. The lowest BCUT2D eigenvalue weighted by Crippen LogP contribution is -2.32. The smallest absolute Gasteiger partial charge is 0.213 e. The van der Waals surface area contributed by atoms with Crippen molar-refractivity contribution >= 4 is 29.9 Å². The molecular formula is C16H27IN4O. The monoisotopic (exact) mass is 418 g/mol. The predicted octanol–water partition coefficient (Wildman–Crippen LogP) is 3.23. The summed E-state index contributed by atoms with van der Waals surface area (Å²) in [5, 5.41) is 3.10. The molecular weight excluding hydrogens is 391 g/mol. The van der Waals surface area contributed by atoms with Gasteiger partial charge in [0.1, 0.15) is 6.10 Å². The molecule has 0 radical (unpaired) electrons. The van der Waals surface area contributed by atoms with Crippen LogP contribution in [-0.4, -0.2) is 23.6 Å². The number of unbranched alkanes of at least 4 members (excludes halogenated alkanes) is 1. The van der Waals surface area contributed by atoms with Crippen LogP contribution in [-0.2, 0) is 6.54 Å². The van der Waals surface area contributed by atoms with E-state index in [-0.39, 0.29) is 24.0 Å². The van der Waals surface area contributed by atoms with E-state index in [0.29, 0.717) is 24.5 Å². The molecule has 5 nitrogen and oxygen atoms in total. The molecule has 1 saturated carbocycles. The van der Waals surface area contributed by atoms with Gasteiger partial charge in [0.2, 0.25) is 5.88 Å². The van der Waals surface area contributed by atoms with Crippen LogP contribution >= 0.6 is 24.0 Å². The van der Waals surface area contributed by atoms with E-state index in [1.54, 1.807) is 0 Å². The van der Waals surface area contributed by atoms with Gasteiger partial charge in [-0.3, -0.25) is 0 Å². The average molecular weight is 418 g/mol. The van der Waals surface area contributed by atoms with Gasteiger partial charge in [-0.1, -0.05) is 19.4 Å². The molecule has 0 spiro atoms. The first kappa shape index (κ1) is 19.0. The number of ether oxygens (including phenoxy) is 1. The maximum absolute atomic E-state index is 5.84. The Morgan fingerprint density at radius 1 is 1.41 bits per heavy atom. The van der Waals surface area contributed by atoms with Gasteiger partial charge in [0.15, 0.2) is 5.96 Å². The van der Waals surface area contributed by atoms with Crippen LogP contribution in [0.3, 0.4) is 0 Å². The minimum absolute atomic E-state index is 0. The number of hydrogen-bond acceptors (Lipinski definition) is 3. The Morgan fingerprint density at radius 3 is 2.82 bits per heavy atom. The van der Waals surface area contributed by atoms with E-state index in [1.807, 2.05) is 18.3 Å². The highest BCUT2D eigenvalue weighted by Gasteiger charge is 2.16. The Labute approximate surface area is 150 Å². The number of aromatic nitrogens is 1. The van der Waals surface area contributed by atoms with Gasteiger partial charge in [-0.2, -0.15) is 0 Å². The maximum atomic E-state index is 5.84. The molecule has 0 bridgehead atoms. The molecule has 1 aliphatic rings. The van der Waals surface area contributed by atoms with Gasteiger partial charge in [0.05, 0.1) is 6.54 Å². The number of halogens is 1. The van der Waals surface area contributed by atoms with Crippen molar-refractivity contribution in [3.05, 3.63) is 23.9 Å². The maximum Gasteiger partial charge on any atom is 0.213 e. The second-order valence-corrected chi connectivity index (χ2v) is 5.51. The van der Waals surface area contributed by atoms with Crippen LogP contribution < -0.4 is 15.8 Å². The van der Waals surface area contributed by atoms with Crippen molar-refractivity contribution in [1.82, 2.24) is 10.3 Å². The van der Waals surface area contributed by atoms with Crippen molar-refractivity contribution in [1.29, 1.82) is 0 Å². The number of guanidine groups is 1. The summed E-state index contributed by atoms with van der Waals surface area (Å²) >= 11 is 0. The van der Waals surface area contributed by atoms with E-state index in [1.165, 1.54) is 12.8 Å². The first-order chi connectivity index (χ1) is 10.3. The number of pyridine rings is 1. The first-order valence-corrected chi connectivity index (χ1v) is 7.93. The number of nitrogens with two attached hydrogens (primary N) is 1. The van der Waals surface area contributed by atoms with Gasteiger partial charge in [-0.05, 0) is 37.7 Å². The van der Waals surface area contributed by atoms with Crippen LogP contribution in [0.25, 0.3) is 0 Å². The summed E-state index contributed by atoms with van der Waals surface area (Å²) in [5.41, 5.74) is 6.83. The van der Waals surface area contributed by atoms with Crippen LogP contribution in [0, 0.1) is 0 Å². The largest absolute Gasteiger partial charge is 0.474 e. The summed E-state index contributed by atoms with van der Waals surface area (Å²) in [6, 6.07) is 3.92. The van der Waals surface area contributed by atoms with E-state index in [0.717, 1.165) is 37.8 Å². The molecule has 1 fully saturated rings. The summed E-state index contributed by atoms with van der Waals surface area (Å²) in [6.45, 7) is 3.57. The van der Waals surface area contributed by atoms with Gasteiger partial charge < -0.3 is 15.8 Å². The molecule has 22 heavy (non-hydrogen) atoms. The fraction of sp³-hybridized carbons (Fsp3) is 0.625. The topological polar surface area (TPSA) is 72.5 Å².